The molecule has 0 aromatic heterocycles. The lowest BCUT2D eigenvalue weighted by Crippen LogP contribution is -2.58. The maximum absolute atomic E-state index is 13.0. The first kappa shape index (κ1) is 16.9. The Morgan fingerprint density at radius 3 is 2.55 bits per heavy atom. The van der Waals surface area contributed by atoms with E-state index in [2.05, 4.69) is 0 Å². The second-order valence-corrected chi connectivity index (χ2v) is 7.70. The highest BCUT2D eigenvalue weighted by molar-refractivity contribution is 7.89. The smallest absolute Gasteiger partial charge is 0.306 e. The fourth-order valence-electron chi connectivity index (χ4n) is 2.35. The second kappa shape index (κ2) is 5.94. The van der Waals surface area contributed by atoms with E-state index in [9.17, 15) is 17.6 Å². The van der Waals surface area contributed by atoms with Crippen LogP contribution in [0.2, 0.25) is 0 Å². The molecule has 1 heterocycles. The van der Waals surface area contributed by atoms with Gasteiger partial charge in [0.15, 0.2) is 0 Å². The third-order valence-electron chi connectivity index (χ3n) is 3.52. The van der Waals surface area contributed by atoms with E-state index in [1.165, 1.54) is 16.4 Å². The molecule has 0 bridgehead atoms. The van der Waals surface area contributed by atoms with Crippen LogP contribution in [-0.2, 0) is 19.6 Å². The fourth-order valence-corrected chi connectivity index (χ4v) is 4.15. The van der Waals surface area contributed by atoms with Crippen molar-refractivity contribution in [3.05, 3.63) is 30.1 Å². The number of benzene rings is 1. The Hall–Kier alpha value is -1.51. The summed E-state index contributed by atoms with van der Waals surface area (Å²) in [5.41, 5.74) is -0.817. The topological polar surface area (TPSA) is 83.9 Å². The standard InChI is InChI=1S/C14H18FNO5S/c1-14(2)9-21-11(7-13(17)18)8-16(14)22(19,20)12-5-3-10(15)4-6-12/h3-6,11H,7-9H2,1-2H3,(H,17,18). The molecule has 0 aliphatic carbocycles. The molecule has 2 rings (SSSR count). The zero-order valence-corrected chi connectivity index (χ0v) is 13.1. The van der Waals surface area contributed by atoms with E-state index in [-0.39, 0.29) is 24.5 Å². The highest BCUT2D eigenvalue weighted by Crippen LogP contribution is 2.30. The van der Waals surface area contributed by atoms with Crippen LogP contribution in [0.3, 0.4) is 0 Å². The Morgan fingerprint density at radius 1 is 1.41 bits per heavy atom. The molecule has 0 amide bonds. The van der Waals surface area contributed by atoms with Crippen LogP contribution in [0.1, 0.15) is 20.3 Å². The highest BCUT2D eigenvalue weighted by Gasteiger charge is 2.43. The minimum Gasteiger partial charge on any atom is -0.481 e. The van der Waals surface area contributed by atoms with E-state index in [0.717, 1.165) is 12.1 Å². The van der Waals surface area contributed by atoms with E-state index in [0.29, 0.717) is 0 Å². The number of carbonyl (C=O) groups is 1. The quantitative estimate of drug-likeness (QED) is 0.903. The average molecular weight is 331 g/mol. The van der Waals surface area contributed by atoms with Gasteiger partial charge in [-0.15, -0.1) is 0 Å². The van der Waals surface area contributed by atoms with Gasteiger partial charge in [-0.1, -0.05) is 0 Å². The maximum Gasteiger partial charge on any atom is 0.306 e. The first-order chi connectivity index (χ1) is 10.1. The van der Waals surface area contributed by atoms with Crippen LogP contribution in [0.25, 0.3) is 0 Å². The van der Waals surface area contributed by atoms with E-state index >= 15 is 0 Å². The van der Waals surface area contributed by atoms with E-state index < -0.39 is 33.5 Å². The number of morpholine rings is 1. The molecule has 1 aromatic rings. The molecule has 8 heteroatoms. The Kier molecular flexibility index (Phi) is 4.55. The van der Waals surface area contributed by atoms with Gasteiger partial charge in [0.2, 0.25) is 10.0 Å². The summed E-state index contributed by atoms with van der Waals surface area (Å²) < 4.78 is 45.1. The van der Waals surface area contributed by atoms with Gasteiger partial charge in [-0.3, -0.25) is 4.79 Å². The van der Waals surface area contributed by atoms with Crippen LogP contribution >= 0.6 is 0 Å². The molecule has 1 saturated heterocycles. The number of hydrogen-bond donors (Lipinski definition) is 1. The van der Waals surface area contributed by atoms with Crippen LogP contribution in [0.5, 0.6) is 0 Å². The molecule has 1 atom stereocenters. The van der Waals surface area contributed by atoms with Gasteiger partial charge in [-0.05, 0) is 38.1 Å². The van der Waals surface area contributed by atoms with E-state index in [1.54, 1.807) is 13.8 Å². The third-order valence-corrected chi connectivity index (χ3v) is 5.61. The average Bonchev–Trinajstić information content (AvgIpc) is 2.40. The van der Waals surface area contributed by atoms with Gasteiger partial charge in [-0.25, -0.2) is 12.8 Å². The third kappa shape index (κ3) is 3.45. The normalized spacial score (nSPS) is 22.4. The minimum atomic E-state index is -3.86. The van der Waals surface area contributed by atoms with Gasteiger partial charge in [-0.2, -0.15) is 4.31 Å². The summed E-state index contributed by atoms with van der Waals surface area (Å²) in [6.07, 6.45) is -0.980. The van der Waals surface area contributed by atoms with Crippen LogP contribution in [0, 0.1) is 5.82 Å². The van der Waals surface area contributed by atoms with Crippen molar-refractivity contribution in [3.63, 3.8) is 0 Å². The number of carboxylic acid groups (broad SMARTS) is 1. The Balaban J connectivity index is 2.33. The van der Waals surface area contributed by atoms with Crippen molar-refractivity contribution in [1.29, 1.82) is 0 Å². The van der Waals surface area contributed by atoms with E-state index in [4.69, 9.17) is 9.84 Å². The number of hydrogen-bond acceptors (Lipinski definition) is 4. The summed E-state index contributed by atoms with van der Waals surface area (Å²) in [6.45, 7) is 3.43. The lowest BCUT2D eigenvalue weighted by Gasteiger charge is -2.43. The molecular formula is C14H18FNO5S. The molecule has 122 valence electrons. The zero-order chi connectivity index (χ0) is 16.5. The van der Waals surface area contributed by atoms with Gasteiger partial charge < -0.3 is 9.84 Å². The summed E-state index contributed by atoms with van der Waals surface area (Å²) in [5.74, 6) is -1.58. The number of carboxylic acids is 1. The number of nitrogens with zero attached hydrogens (tertiary/aromatic N) is 1. The van der Waals surface area contributed by atoms with Crippen LogP contribution in [0.4, 0.5) is 4.39 Å². The van der Waals surface area contributed by atoms with Gasteiger partial charge in [0.1, 0.15) is 5.82 Å². The summed E-state index contributed by atoms with van der Waals surface area (Å²) in [4.78, 5) is 10.8. The van der Waals surface area contributed by atoms with Crippen LogP contribution in [0.15, 0.2) is 29.2 Å². The van der Waals surface area contributed by atoms with Gasteiger partial charge in [0.05, 0.1) is 29.6 Å². The molecule has 1 aromatic carbocycles. The van der Waals surface area contributed by atoms with Gasteiger partial charge >= 0.3 is 5.97 Å². The summed E-state index contributed by atoms with van der Waals surface area (Å²) in [5, 5.41) is 8.84. The largest absolute Gasteiger partial charge is 0.481 e. The molecule has 22 heavy (non-hydrogen) atoms. The van der Waals surface area contributed by atoms with Crippen molar-refractivity contribution < 1.29 is 27.4 Å². The van der Waals surface area contributed by atoms with Crippen molar-refractivity contribution in [1.82, 2.24) is 4.31 Å². The SMILES string of the molecule is CC1(C)COC(CC(=O)O)CN1S(=O)(=O)c1ccc(F)cc1. The van der Waals surface area contributed by atoms with Gasteiger partial charge in [0, 0.05) is 6.54 Å². The Labute approximate surface area is 128 Å². The van der Waals surface area contributed by atoms with Crippen molar-refractivity contribution in [2.24, 2.45) is 0 Å². The number of sulfonamides is 1. The molecular weight excluding hydrogens is 313 g/mol. The van der Waals surface area contributed by atoms with Crippen molar-refractivity contribution in [2.75, 3.05) is 13.2 Å². The molecule has 1 unspecified atom stereocenters. The number of halogens is 1. The number of ether oxygens (including phenoxy) is 1. The molecule has 1 N–H and O–H groups in total. The molecule has 0 spiro atoms. The molecule has 0 radical (unpaired) electrons. The summed E-state index contributed by atoms with van der Waals surface area (Å²) in [7, 11) is -3.86. The monoisotopic (exact) mass is 331 g/mol. The predicted molar refractivity (Wildman–Crippen MR) is 76.4 cm³/mol. The predicted octanol–water partition coefficient (Wildman–Crippen LogP) is 1.47. The molecule has 1 aliphatic heterocycles. The fraction of sp³-hybridized carbons (Fsp3) is 0.500. The first-order valence-corrected chi connectivity index (χ1v) is 8.19. The first-order valence-electron chi connectivity index (χ1n) is 6.75. The number of aliphatic carboxylic acids is 1. The number of rotatable bonds is 4. The lowest BCUT2D eigenvalue weighted by molar-refractivity contribution is -0.143. The lowest BCUT2D eigenvalue weighted by atomic mass is 10.0. The van der Waals surface area contributed by atoms with Crippen molar-refractivity contribution >= 4 is 16.0 Å². The minimum absolute atomic E-state index is 0.0297. The summed E-state index contributed by atoms with van der Waals surface area (Å²) in [6, 6.07) is 4.55. The van der Waals surface area contributed by atoms with Crippen molar-refractivity contribution in [2.45, 2.75) is 36.8 Å². The maximum atomic E-state index is 13.0. The molecule has 1 fully saturated rings. The summed E-state index contributed by atoms with van der Waals surface area (Å²) >= 11 is 0. The van der Waals surface area contributed by atoms with Crippen LogP contribution in [-0.4, -0.2) is 48.6 Å². The molecule has 6 nitrogen and oxygen atoms in total. The van der Waals surface area contributed by atoms with Crippen LogP contribution < -0.4 is 0 Å². The zero-order valence-electron chi connectivity index (χ0n) is 12.3. The molecule has 1 aliphatic rings. The Bertz CT molecular complexity index is 656. The Morgan fingerprint density at radius 2 is 2.00 bits per heavy atom. The highest BCUT2D eigenvalue weighted by atomic mass is 32.2. The van der Waals surface area contributed by atoms with Crippen molar-refractivity contribution in [3.8, 4) is 0 Å². The van der Waals surface area contributed by atoms with Gasteiger partial charge in [0.25, 0.3) is 0 Å². The second-order valence-electron chi connectivity index (χ2n) is 5.83. The molecule has 0 saturated carbocycles. The van der Waals surface area contributed by atoms with E-state index in [1.807, 2.05) is 0 Å².